The maximum atomic E-state index is 14.8. The number of benzene rings is 2. The van der Waals surface area contributed by atoms with Gasteiger partial charge in [0.05, 0.1) is 5.92 Å². The first kappa shape index (κ1) is 14.1. The first-order valence-corrected chi connectivity index (χ1v) is 6.88. The van der Waals surface area contributed by atoms with Crippen molar-refractivity contribution in [2.24, 2.45) is 0 Å². The van der Waals surface area contributed by atoms with Crippen LogP contribution in [0.5, 0.6) is 23.0 Å². The number of aliphatic hydroxyl groups is 1. The molecule has 7 heteroatoms. The van der Waals surface area contributed by atoms with E-state index < -0.39 is 41.1 Å². The van der Waals surface area contributed by atoms with Gasteiger partial charge >= 0.3 is 5.92 Å². The number of halogens is 2. The standard InChI is InChI=1S/C16H12F2O5/c17-16(18)10-5-12(21)11(20)4-9(10)14-8-2-1-7(19)3-13(8)23-6-15(14,16)22/h1-5,14,19-22H,6H2/t14-,15+/m0/s1. The Morgan fingerprint density at radius 3 is 2.43 bits per heavy atom. The van der Waals surface area contributed by atoms with Crippen LogP contribution in [0, 0.1) is 0 Å². The fraction of sp³-hybridized carbons (Fsp3) is 0.250. The predicted molar refractivity (Wildman–Crippen MR) is 74.1 cm³/mol. The molecular weight excluding hydrogens is 310 g/mol. The van der Waals surface area contributed by atoms with Gasteiger partial charge < -0.3 is 25.2 Å². The number of rotatable bonds is 0. The van der Waals surface area contributed by atoms with Gasteiger partial charge in [0.15, 0.2) is 17.1 Å². The molecule has 2 atom stereocenters. The van der Waals surface area contributed by atoms with Gasteiger partial charge in [0, 0.05) is 17.2 Å². The molecule has 1 aliphatic heterocycles. The van der Waals surface area contributed by atoms with Crippen LogP contribution in [0.1, 0.15) is 22.6 Å². The van der Waals surface area contributed by atoms with E-state index in [9.17, 15) is 29.2 Å². The number of hydrogen-bond acceptors (Lipinski definition) is 5. The Morgan fingerprint density at radius 1 is 1.00 bits per heavy atom. The number of phenolic OH excluding ortho intramolecular Hbond substituents is 3. The summed E-state index contributed by atoms with van der Waals surface area (Å²) < 4.78 is 34.8. The maximum Gasteiger partial charge on any atom is 0.306 e. The minimum atomic E-state index is -3.67. The van der Waals surface area contributed by atoms with Crippen LogP contribution in [0.3, 0.4) is 0 Å². The first-order valence-electron chi connectivity index (χ1n) is 6.88. The zero-order valence-corrected chi connectivity index (χ0v) is 11.6. The van der Waals surface area contributed by atoms with Crippen molar-refractivity contribution in [2.45, 2.75) is 17.4 Å². The highest BCUT2D eigenvalue weighted by molar-refractivity contribution is 5.60. The van der Waals surface area contributed by atoms with E-state index in [0.717, 1.165) is 12.1 Å². The number of ether oxygens (including phenoxy) is 1. The molecule has 0 spiro atoms. The summed E-state index contributed by atoms with van der Waals surface area (Å²) in [6.07, 6.45) is 0. The summed E-state index contributed by atoms with van der Waals surface area (Å²) in [5, 5.41) is 39.4. The largest absolute Gasteiger partial charge is 0.508 e. The molecule has 0 radical (unpaired) electrons. The summed E-state index contributed by atoms with van der Waals surface area (Å²) in [5.74, 6) is -5.95. The van der Waals surface area contributed by atoms with Gasteiger partial charge in [-0.05, 0) is 23.8 Å². The predicted octanol–water partition coefficient (Wildman–Crippen LogP) is 2.16. The molecule has 5 nitrogen and oxygen atoms in total. The molecule has 2 aromatic carbocycles. The minimum absolute atomic E-state index is 0.0167. The Hall–Kier alpha value is -2.54. The van der Waals surface area contributed by atoms with Crippen LogP contribution in [-0.2, 0) is 5.92 Å². The maximum absolute atomic E-state index is 14.8. The normalized spacial score (nSPS) is 26.8. The lowest BCUT2D eigenvalue weighted by Gasteiger charge is -2.39. The minimum Gasteiger partial charge on any atom is -0.508 e. The smallest absolute Gasteiger partial charge is 0.306 e. The number of phenols is 3. The molecule has 23 heavy (non-hydrogen) atoms. The van der Waals surface area contributed by atoms with Crippen molar-refractivity contribution in [3.8, 4) is 23.0 Å². The fourth-order valence-electron chi connectivity index (χ4n) is 3.45. The highest BCUT2D eigenvalue weighted by Gasteiger charge is 2.68. The quantitative estimate of drug-likeness (QED) is 0.558. The third-order valence-electron chi connectivity index (χ3n) is 4.57. The zero-order chi connectivity index (χ0) is 16.6. The third kappa shape index (κ3) is 1.57. The van der Waals surface area contributed by atoms with Crippen LogP contribution in [0.4, 0.5) is 8.78 Å². The third-order valence-corrected chi connectivity index (χ3v) is 4.57. The average molecular weight is 322 g/mol. The van der Waals surface area contributed by atoms with Crippen molar-refractivity contribution in [1.29, 1.82) is 0 Å². The van der Waals surface area contributed by atoms with Crippen LogP contribution in [-0.4, -0.2) is 32.6 Å². The topological polar surface area (TPSA) is 90.2 Å². The number of alkyl halides is 2. The molecule has 4 rings (SSSR count). The van der Waals surface area contributed by atoms with Crippen LogP contribution in [0.25, 0.3) is 0 Å². The summed E-state index contributed by atoms with van der Waals surface area (Å²) in [7, 11) is 0. The van der Waals surface area contributed by atoms with Crippen molar-refractivity contribution in [1.82, 2.24) is 0 Å². The monoisotopic (exact) mass is 322 g/mol. The van der Waals surface area contributed by atoms with Gasteiger partial charge in [0.1, 0.15) is 18.1 Å². The summed E-state index contributed by atoms with van der Waals surface area (Å²) in [4.78, 5) is 0. The van der Waals surface area contributed by atoms with E-state index in [1.165, 1.54) is 18.2 Å². The molecule has 1 aliphatic carbocycles. The molecule has 2 aromatic rings. The van der Waals surface area contributed by atoms with Crippen LogP contribution in [0.2, 0.25) is 0 Å². The van der Waals surface area contributed by atoms with Gasteiger partial charge in [0.2, 0.25) is 0 Å². The summed E-state index contributed by atoms with van der Waals surface area (Å²) in [6, 6.07) is 5.79. The molecular formula is C16H12F2O5. The van der Waals surface area contributed by atoms with Crippen molar-refractivity contribution in [3.05, 3.63) is 47.0 Å². The second kappa shape index (κ2) is 4.05. The molecule has 0 unspecified atom stereocenters. The molecule has 0 amide bonds. The first-order chi connectivity index (χ1) is 10.8. The lowest BCUT2D eigenvalue weighted by Crippen LogP contribution is -2.52. The van der Waals surface area contributed by atoms with E-state index in [1.807, 2.05) is 0 Å². The summed E-state index contributed by atoms with van der Waals surface area (Å²) in [6.45, 7) is -0.683. The van der Waals surface area contributed by atoms with Gasteiger partial charge in [-0.15, -0.1) is 0 Å². The molecule has 0 bridgehead atoms. The van der Waals surface area contributed by atoms with E-state index in [2.05, 4.69) is 0 Å². The van der Waals surface area contributed by atoms with E-state index in [1.54, 1.807) is 0 Å². The highest BCUT2D eigenvalue weighted by Crippen LogP contribution is 2.62. The number of fused-ring (bicyclic) bond motifs is 5. The second-order valence-electron chi connectivity index (χ2n) is 5.87. The molecule has 0 fully saturated rings. The van der Waals surface area contributed by atoms with Crippen LogP contribution >= 0.6 is 0 Å². The SMILES string of the molecule is Oc1ccc2c(c1)OC[C@@]1(O)[C@@H]2c2cc(O)c(O)cc2C1(F)F. The van der Waals surface area contributed by atoms with Crippen molar-refractivity contribution in [2.75, 3.05) is 6.61 Å². The summed E-state index contributed by atoms with van der Waals surface area (Å²) in [5.41, 5.74) is -2.80. The van der Waals surface area contributed by atoms with E-state index in [4.69, 9.17) is 4.74 Å². The molecule has 2 aliphatic rings. The average Bonchev–Trinajstić information content (AvgIpc) is 2.65. The highest BCUT2D eigenvalue weighted by atomic mass is 19.3. The van der Waals surface area contributed by atoms with Crippen molar-refractivity contribution >= 4 is 0 Å². The van der Waals surface area contributed by atoms with Crippen LogP contribution in [0.15, 0.2) is 30.3 Å². The Morgan fingerprint density at radius 2 is 1.70 bits per heavy atom. The number of aromatic hydroxyl groups is 3. The van der Waals surface area contributed by atoms with Gasteiger partial charge in [-0.1, -0.05) is 6.07 Å². The fourth-order valence-corrected chi connectivity index (χ4v) is 3.45. The van der Waals surface area contributed by atoms with Crippen LogP contribution < -0.4 is 4.74 Å². The number of hydrogen-bond donors (Lipinski definition) is 4. The molecule has 0 saturated carbocycles. The Bertz CT molecular complexity index is 835. The lowest BCUT2D eigenvalue weighted by molar-refractivity contribution is -0.201. The molecule has 0 aromatic heterocycles. The van der Waals surface area contributed by atoms with E-state index >= 15 is 0 Å². The van der Waals surface area contributed by atoms with E-state index in [0.29, 0.717) is 0 Å². The van der Waals surface area contributed by atoms with Gasteiger partial charge in [-0.2, -0.15) is 8.78 Å². The Balaban J connectivity index is 2.03. The van der Waals surface area contributed by atoms with Gasteiger partial charge in [-0.25, -0.2) is 0 Å². The lowest BCUT2D eigenvalue weighted by atomic mass is 9.79. The molecule has 4 N–H and O–H groups in total. The Kier molecular flexibility index (Phi) is 2.48. The molecule has 0 saturated heterocycles. The summed E-state index contributed by atoms with van der Waals surface area (Å²) >= 11 is 0. The van der Waals surface area contributed by atoms with E-state index in [-0.39, 0.29) is 22.6 Å². The second-order valence-corrected chi connectivity index (χ2v) is 5.87. The molecule has 1 heterocycles. The van der Waals surface area contributed by atoms with Crippen molar-refractivity contribution in [3.63, 3.8) is 0 Å². The van der Waals surface area contributed by atoms with Crippen molar-refractivity contribution < 1.29 is 33.9 Å². The van der Waals surface area contributed by atoms with Gasteiger partial charge in [0.25, 0.3) is 0 Å². The Labute approximate surface area is 129 Å². The molecule has 120 valence electrons. The van der Waals surface area contributed by atoms with Gasteiger partial charge in [-0.3, -0.25) is 0 Å². The zero-order valence-electron chi connectivity index (χ0n) is 11.6.